The van der Waals surface area contributed by atoms with Crippen LogP contribution >= 0.6 is 0 Å². The van der Waals surface area contributed by atoms with E-state index in [1.54, 1.807) is 18.2 Å². The molecule has 0 bridgehead atoms. The van der Waals surface area contributed by atoms with E-state index in [1.165, 1.54) is 30.5 Å². The second-order valence-corrected chi connectivity index (χ2v) is 9.86. The lowest BCUT2D eigenvalue weighted by atomic mass is 10.3. The fourth-order valence-electron chi connectivity index (χ4n) is 2.63. The number of nitrogens with zero attached hydrogens (tertiary/aromatic N) is 1. The molecule has 9 nitrogen and oxygen atoms in total. The van der Waals surface area contributed by atoms with E-state index in [9.17, 15) is 26.9 Å². The number of nitrogens with one attached hydrogen (secondary N) is 1. The molecule has 0 aliphatic rings. The summed E-state index contributed by atoms with van der Waals surface area (Å²) in [5.41, 5.74) is -0.260. The van der Waals surface area contributed by atoms with Crippen LogP contribution in [0.15, 0.2) is 87.2 Å². The Bertz CT molecular complexity index is 1190. The second-order valence-electron chi connectivity index (χ2n) is 5.97. The van der Waals surface area contributed by atoms with Crippen LogP contribution in [-0.4, -0.2) is 28.3 Å². The van der Waals surface area contributed by atoms with Crippen LogP contribution in [0.25, 0.3) is 0 Å². The number of hydrogen-bond donors (Lipinski definition) is 1. The molecule has 2 aromatic carbocycles. The fraction of sp³-hybridized carbons (Fsp3) is 0.111. The Morgan fingerprint density at radius 1 is 0.897 bits per heavy atom. The Morgan fingerprint density at radius 3 is 2.10 bits per heavy atom. The Morgan fingerprint density at radius 2 is 1.55 bits per heavy atom. The van der Waals surface area contributed by atoms with Crippen molar-refractivity contribution in [1.29, 1.82) is 0 Å². The number of rotatable bonds is 8. The van der Waals surface area contributed by atoms with Gasteiger partial charge in [0.15, 0.2) is 9.84 Å². The molecule has 29 heavy (non-hydrogen) atoms. The quantitative estimate of drug-likeness (QED) is 0.423. The Kier molecular flexibility index (Phi) is 5.82. The summed E-state index contributed by atoms with van der Waals surface area (Å²) in [6, 6.07) is 14.8. The van der Waals surface area contributed by atoms with Crippen LogP contribution in [0.4, 0.5) is 5.69 Å². The van der Waals surface area contributed by atoms with E-state index in [-0.39, 0.29) is 21.2 Å². The number of sulfone groups is 1. The van der Waals surface area contributed by atoms with E-state index in [2.05, 4.69) is 4.72 Å². The van der Waals surface area contributed by atoms with E-state index < -0.39 is 36.6 Å². The first-order valence-corrected chi connectivity index (χ1v) is 11.3. The zero-order chi connectivity index (χ0) is 21.1. The molecule has 1 heterocycles. The molecule has 1 atom stereocenters. The predicted molar refractivity (Wildman–Crippen MR) is 103 cm³/mol. The molecule has 1 N–H and O–H groups in total. The Labute approximate surface area is 167 Å². The molecule has 0 amide bonds. The van der Waals surface area contributed by atoms with Gasteiger partial charge in [0.2, 0.25) is 10.0 Å². The first-order chi connectivity index (χ1) is 13.7. The third kappa shape index (κ3) is 4.53. The maximum Gasteiger partial charge on any atom is 0.269 e. The van der Waals surface area contributed by atoms with Gasteiger partial charge in [-0.3, -0.25) is 10.1 Å². The maximum absolute atomic E-state index is 13.0. The maximum atomic E-state index is 13.0. The summed E-state index contributed by atoms with van der Waals surface area (Å²) in [6.07, 6.45) is 1.30. The summed E-state index contributed by atoms with van der Waals surface area (Å²) in [5.74, 6) is 0.0836. The predicted octanol–water partition coefficient (Wildman–Crippen LogP) is 2.68. The molecule has 0 aliphatic heterocycles. The largest absolute Gasteiger partial charge is 0.468 e. The molecule has 0 aliphatic carbocycles. The van der Waals surface area contributed by atoms with E-state index in [0.717, 1.165) is 24.3 Å². The summed E-state index contributed by atoms with van der Waals surface area (Å²) in [7, 11) is -8.07. The Balaban J connectivity index is 1.88. The van der Waals surface area contributed by atoms with Crippen molar-refractivity contribution < 1.29 is 26.2 Å². The molecule has 11 heteroatoms. The van der Waals surface area contributed by atoms with Crippen molar-refractivity contribution >= 4 is 25.5 Å². The average molecular weight is 436 g/mol. The topological polar surface area (TPSA) is 137 Å². The number of sulfonamides is 1. The van der Waals surface area contributed by atoms with Crippen molar-refractivity contribution in [2.75, 3.05) is 6.54 Å². The van der Waals surface area contributed by atoms with Crippen molar-refractivity contribution in [2.24, 2.45) is 0 Å². The Hall–Kier alpha value is -3.02. The molecule has 152 valence electrons. The molecule has 0 spiro atoms. The molecule has 0 radical (unpaired) electrons. The van der Waals surface area contributed by atoms with Gasteiger partial charge in [0.25, 0.3) is 5.69 Å². The number of furan rings is 1. The van der Waals surface area contributed by atoms with Crippen LogP contribution in [0.5, 0.6) is 0 Å². The highest BCUT2D eigenvalue weighted by atomic mass is 32.2. The van der Waals surface area contributed by atoms with Gasteiger partial charge >= 0.3 is 0 Å². The van der Waals surface area contributed by atoms with Gasteiger partial charge in [-0.15, -0.1) is 0 Å². The van der Waals surface area contributed by atoms with E-state index >= 15 is 0 Å². The van der Waals surface area contributed by atoms with Gasteiger partial charge < -0.3 is 4.42 Å². The lowest BCUT2D eigenvalue weighted by Crippen LogP contribution is -2.31. The van der Waals surface area contributed by atoms with Gasteiger partial charge in [-0.1, -0.05) is 18.2 Å². The lowest BCUT2D eigenvalue weighted by Gasteiger charge is -2.17. The monoisotopic (exact) mass is 436 g/mol. The van der Waals surface area contributed by atoms with Gasteiger partial charge in [0, 0.05) is 18.7 Å². The normalized spacial score (nSPS) is 13.1. The second kappa shape index (κ2) is 8.15. The molecule has 0 saturated carbocycles. The van der Waals surface area contributed by atoms with Crippen LogP contribution in [0.3, 0.4) is 0 Å². The molecule has 3 aromatic rings. The lowest BCUT2D eigenvalue weighted by molar-refractivity contribution is -0.384. The van der Waals surface area contributed by atoms with Gasteiger partial charge in [-0.25, -0.2) is 21.6 Å². The van der Waals surface area contributed by atoms with Crippen molar-refractivity contribution in [1.82, 2.24) is 4.72 Å². The number of hydrogen-bond acceptors (Lipinski definition) is 7. The standard InChI is InChI=1S/C18H16N2O7S2/c21-20(22)14-8-10-16(11-9-14)29(25,26)19-13-18(17-7-4-12-27-17)28(23,24)15-5-2-1-3-6-15/h1-12,18-19H,13H2. The van der Waals surface area contributed by atoms with E-state index in [0.29, 0.717) is 0 Å². The first kappa shape index (κ1) is 20.7. The fourth-order valence-corrected chi connectivity index (χ4v) is 5.39. The van der Waals surface area contributed by atoms with Crippen molar-refractivity contribution in [3.8, 4) is 0 Å². The number of non-ortho nitro benzene ring substituents is 1. The van der Waals surface area contributed by atoms with Crippen LogP contribution in [0.2, 0.25) is 0 Å². The first-order valence-electron chi connectivity index (χ1n) is 8.28. The van der Waals surface area contributed by atoms with Crippen LogP contribution < -0.4 is 4.72 Å². The summed E-state index contributed by atoms with van der Waals surface area (Å²) < 4.78 is 58.6. The minimum absolute atomic E-state index is 0.0240. The van der Waals surface area contributed by atoms with Crippen molar-refractivity contribution in [2.45, 2.75) is 15.0 Å². The highest BCUT2D eigenvalue weighted by molar-refractivity contribution is 7.92. The molecular formula is C18H16N2O7S2. The third-order valence-electron chi connectivity index (χ3n) is 4.12. The minimum atomic E-state index is -4.11. The highest BCUT2D eigenvalue weighted by Gasteiger charge is 2.32. The van der Waals surface area contributed by atoms with E-state index in [1.807, 2.05) is 0 Å². The molecular weight excluding hydrogens is 420 g/mol. The van der Waals surface area contributed by atoms with E-state index in [4.69, 9.17) is 4.42 Å². The van der Waals surface area contributed by atoms with Gasteiger partial charge in [0.05, 0.1) is 21.0 Å². The molecule has 0 saturated heterocycles. The molecule has 1 aromatic heterocycles. The zero-order valence-corrected chi connectivity index (χ0v) is 16.5. The number of benzene rings is 2. The van der Waals surface area contributed by atoms with Gasteiger partial charge in [-0.05, 0) is 36.4 Å². The number of nitro benzene ring substituents is 1. The zero-order valence-electron chi connectivity index (χ0n) is 14.8. The molecule has 1 unspecified atom stereocenters. The third-order valence-corrected chi connectivity index (χ3v) is 7.64. The van der Waals surface area contributed by atoms with Gasteiger partial charge in [-0.2, -0.15) is 0 Å². The van der Waals surface area contributed by atoms with Crippen molar-refractivity contribution in [3.05, 3.63) is 88.9 Å². The highest BCUT2D eigenvalue weighted by Crippen LogP contribution is 2.29. The van der Waals surface area contributed by atoms with Crippen LogP contribution in [0, 0.1) is 10.1 Å². The summed E-state index contributed by atoms with van der Waals surface area (Å²) in [4.78, 5) is 9.87. The van der Waals surface area contributed by atoms with Crippen molar-refractivity contribution in [3.63, 3.8) is 0 Å². The molecule has 0 fully saturated rings. The van der Waals surface area contributed by atoms with Gasteiger partial charge in [0.1, 0.15) is 11.0 Å². The average Bonchev–Trinajstić information content (AvgIpc) is 3.23. The smallest absolute Gasteiger partial charge is 0.269 e. The minimum Gasteiger partial charge on any atom is -0.468 e. The summed E-state index contributed by atoms with van der Waals surface area (Å²) >= 11 is 0. The summed E-state index contributed by atoms with van der Waals surface area (Å²) in [5, 5.41) is 9.42. The van der Waals surface area contributed by atoms with Crippen LogP contribution in [-0.2, 0) is 19.9 Å². The SMILES string of the molecule is O=[N+]([O-])c1ccc(S(=O)(=O)NCC(c2ccco2)S(=O)(=O)c2ccccc2)cc1. The number of nitro groups is 1. The summed E-state index contributed by atoms with van der Waals surface area (Å²) in [6.45, 7) is -0.482. The molecule has 3 rings (SSSR count). The van der Waals surface area contributed by atoms with Crippen LogP contribution in [0.1, 0.15) is 11.0 Å².